The van der Waals surface area contributed by atoms with Crippen LogP contribution < -0.4 is 9.80 Å². The summed E-state index contributed by atoms with van der Waals surface area (Å²) < 4.78 is 65.9. The minimum atomic E-state index is -4.72. The van der Waals surface area contributed by atoms with Crippen molar-refractivity contribution in [2.75, 3.05) is 29.4 Å². The van der Waals surface area contributed by atoms with Crippen molar-refractivity contribution in [3.8, 4) is 0 Å². The molecule has 2 saturated heterocycles. The van der Waals surface area contributed by atoms with Crippen molar-refractivity contribution < 1.29 is 31.9 Å². The zero-order chi connectivity index (χ0) is 20.4. The van der Waals surface area contributed by atoms with E-state index in [0.29, 0.717) is 13.1 Å². The van der Waals surface area contributed by atoms with Gasteiger partial charge in [-0.15, -0.1) is 0 Å². The fraction of sp³-hybridized carbons (Fsp3) is 0.706. The van der Waals surface area contributed by atoms with E-state index in [1.165, 1.54) is 0 Å². The van der Waals surface area contributed by atoms with Crippen LogP contribution in [0.5, 0.6) is 0 Å². The number of halogens is 5. The Kier molecular flexibility index (Phi) is 4.38. The van der Waals surface area contributed by atoms with Crippen LogP contribution >= 0.6 is 0 Å². The molecule has 5 atom stereocenters. The Bertz CT molecular complexity index is 777. The first-order chi connectivity index (χ1) is 13.1. The van der Waals surface area contributed by atoms with Gasteiger partial charge in [0.15, 0.2) is 5.69 Å². The van der Waals surface area contributed by atoms with Gasteiger partial charge in [0.1, 0.15) is 5.82 Å². The van der Waals surface area contributed by atoms with E-state index in [0.717, 1.165) is 11.0 Å². The number of alkyl halides is 5. The molecule has 4 rings (SSSR count). The van der Waals surface area contributed by atoms with Gasteiger partial charge in [-0.1, -0.05) is 6.92 Å². The molecule has 28 heavy (non-hydrogen) atoms. The molecular formula is C17H19F5N4O2. The number of carboxylic acids is 1. The predicted molar refractivity (Wildman–Crippen MR) is 88.3 cm³/mol. The molecule has 3 heterocycles. The first-order valence-corrected chi connectivity index (χ1v) is 9.06. The number of fused-ring (bicyclic) bond motifs is 1. The Labute approximate surface area is 157 Å². The van der Waals surface area contributed by atoms with Crippen LogP contribution in [0.3, 0.4) is 0 Å². The van der Waals surface area contributed by atoms with Gasteiger partial charge in [0, 0.05) is 25.7 Å². The van der Waals surface area contributed by atoms with E-state index in [4.69, 9.17) is 5.11 Å². The van der Waals surface area contributed by atoms with E-state index in [1.54, 1.807) is 11.8 Å². The maximum atomic E-state index is 13.3. The number of aromatic nitrogens is 2. The van der Waals surface area contributed by atoms with Crippen molar-refractivity contribution >= 4 is 17.7 Å². The fourth-order valence-electron chi connectivity index (χ4n) is 4.44. The number of hydrogen-bond donors (Lipinski definition) is 1. The van der Waals surface area contributed by atoms with Crippen LogP contribution in [0.1, 0.15) is 19.0 Å². The lowest BCUT2D eigenvalue weighted by atomic mass is 10.0. The molecule has 1 aromatic heterocycles. The van der Waals surface area contributed by atoms with Gasteiger partial charge in [-0.25, -0.2) is 13.8 Å². The van der Waals surface area contributed by atoms with E-state index >= 15 is 0 Å². The second-order valence-corrected chi connectivity index (χ2v) is 7.73. The van der Waals surface area contributed by atoms with Gasteiger partial charge in [-0.2, -0.15) is 18.2 Å². The summed E-state index contributed by atoms with van der Waals surface area (Å²) in [6.07, 6.45) is -7.23. The van der Waals surface area contributed by atoms with Crippen molar-refractivity contribution in [1.82, 2.24) is 9.97 Å². The molecule has 1 aliphatic carbocycles. The van der Waals surface area contributed by atoms with Crippen LogP contribution in [0.25, 0.3) is 0 Å². The lowest BCUT2D eigenvalue weighted by Crippen LogP contribution is -2.53. The zero-order valence-corrected chi connectivity index (χ0v) is 14.9. The molecule has 2 aliphatic heterocycles. The van der Waals surface area contributed by atoms with Crippen LogP contribution in [0.4, 0.5) is 33.7 Å². The molecule has 0 aromatic carbocycles. The Morgan fingerprint density at radius 1 is 1.25 bits per heavy atom. The molecule has 0 bridgehead atoms. The lowest BCUT2D eigenvalue weighted by molar-refractivity contribution is -0.142. The van der Waals surface area contributed by atoms with Gasteiger partial charge < -0.3 is 14.9 Å². The average Bonchev–Trinajstić information content (AvgIpc) is 3.04. The zero-order valence-electron chi connectivity index (χ0n) is 14.9. The van der Waals surface area contributed by atoms with E-state index in [9.17, 15) is 26.7 Å². The standard InChI is InChI=1S/C17H19F5N4O2/c1-7(15(27)28)13-8-5-25(6-9(8)13)12-4-11(17(20,21)22)23-16(24-12)26-3-2-10(26)14(18)19/h4,7-10,13-14H,2-3,5-6H2,1H3,(H,27,28)/t7?,8-,9+,10?,13?. The Hall–Kier alpha value is -2.20. The fourth-order valence-corrected chi connectivity index (χ4v) is 4.44. The second kappa shape index (κ2) is 6.41. The largest absolute Gasteiger partial charge is 0.481 e. The number of carboxylic acid groups (broad SMARTS) is 1. The maximum Gasteiger partial charge on any atom is 0.433 e. The van der Waals surface area contributed by atoms with E-state index in [2.05, 4.69) is 9.97 Å². The van der Waals surface area contributed by atoms with Crippen molar-refractivity contribution in [2.45, 2.75) is 32.0 Å². The Balaban J connectivity index is 1.57. The third kappa shape index (κ3) is 3.14. The van der Waals surface area contributed by atoms with Gasteiger partial charge in [0.2, 0.25) is 5.95 Å². The molecule has 11 heteroatoms. The van der Waals surface area contributed by atoms with Crippen molar-refractivity contribution in [3.05, 3.63) is 11.8 Å². The second-order valence-electron chi connectivity index (χ2n) is 7.73. The third-order valence-corrected chi connectivity index (χ3v) is 6.16. The summed E-state index contributed by atoms with van der Waals surface area (Å²) in [5.74, 6) is -1.48. The smallest absolute Gasteiger partial charge is 0.433 e. The molecule has 154 valence electrons. The summed E-state index contributed by atoms with van der Waals surface area (Å²) in [6, 6.07) is -0.342. The SMILES string of the molecule is CC(C(=O)O)C1[C@H]2CN(c3cc(C(F)(F)F)nc(N4CCC4C(F)F)n3)C[C@@H]12. The first kappa shape index (κ1) is 19.1. The van der Waals surface area contributed by atoms with Gasteiger partial charge in [0.05, 0.1) is 12.0 Å². The lowest BCUT2D eigenvalue weighted by Gasteiger charge is -2.40. The number of carbonyl (C=O) groups is 1. The van der Waals surface area contributed by atoms with Crippen LogP contribution in [0, 0.1) is 23.7 Å². The molecule has 3 fully saturated rings. The summed E-state index contributed by atoms with van der Waals surface area (Å²) in [6.45, 7) is 2.62. The van der Waals surface area contributed by atoms with Crippen molar-refractivity contribution in [1.29, 1.82) is 0 Å². The van der Waals surface area contributed by atoms with E-state index in [1.807, 2.05) is 0 Å². The van der Waals surface area contributed by atoms with E-state index in [-0.39, 0.29) is 42.5 Å². The highest BCUT2D eigenvalue weighted by Crippen LogP contribution is 2.56. The predicted octanol–water partition coefficient (Wildman–Crippen LogP) is 2.74. The van der Waals surface area contributed by atoms with Crippen LogP contribution in [-0.2, 0) is 11.0 Å². The first-order valence-electron chi connectivity index (χ1n) is 9.06. The number of aliphatic carboxylic acids is 1. The molecule has 0 amide bonds. The summed E-state index contributed by atoms with van der Waals surface area (Å²) in [7, 11) is 0. The molecular weight excluding hydrogens is 387 g/mol. The monoisotopic (exact) mass is 406 g/mol. The molecule has 6 nitrogen and oxygen atoms in total. The molecule has 0 spiro atoms. The molecule has 3 unspecified atom stereocenters. The highest BCUT2D eigenvalue weighted by Gasteiger charge is 2.59. The van der Waals surface area contributed by atoms with E-state index < -0.39 is 36.2 Å². The topological polar surface area (TPSA) is 69.6 Å². The van der Waals surface area contributed by atoms with Crippen molar-refractivity contribution in [3.63, 3.8) is 0 Å². The Morgan fingerprint density at radius 2 is 1.89 bits per heavy atom. The normalized spacial score (nSPS) is 30.2. The molecule has 1 saturated carbocycles. The number of nitrogens with zero attached hydrogens (tertiary/aromatic N) is 4. The molecule has 0 radical (unpaired) electrons. The van der Waals surface area contributed by atoms with Crippen molar-refractivity contribution in [2.24, 2.45) is 23.7 Å². The molecule has 1 aromatic rings. The third-order valence-electron chi connectivity index (χ3n) is 6.16. The minimum Gasteiger partial charge on any atom is -0.481 e. The van der Waals surface area contributed by atoms with Gasteiger partial charge in [-0.3, -0.25) is 4.79 Å². The summed E-state index contributed by atoms with van der Waals surface area (Å²) >= 11 is 0. The summed E-state index contributed by atoms with van der Waals surface area (Å²) in [5.41, 5.74) is -1.16. The number of piperidine rings is 1. The summed E-state index contributed by atoms with van der Waals surface area (Å²) in [4.78, 5) is 21.5. The summed E-state index contributed by atoms with van der Waals surface area (Å²) in [5, 5.41) is 9.13. The van der Waals surface area contributed by atoms with Crippen LogP contribution in [0.15, 0.2) is 6.07 Å². The molecule has 3 aliphatic rings. The number of rotatable bonds is 5. The Morgan fingerprint density at radius 3 is 2.36 bits per heavy atom. The maximum absolute atomic E-state index is 13.3. The number of anilines is 2. The quantitative estimate of drug-likeness (QED) is 0.759. The average molecular weight is 406 g/mol. The van der Waals surface area contributed by atoms with Gasteiger partial charge >= 0.3 is 12.1 Å². The number of hydrogen-bond acceptors (Lipinski definition) is 5. The van der Waals surface area contributed by atoms with Gasteiger partial charge in [-0.05, 0) is 24.2 Å². The van der Waals surface area contributed by atoms with Gasteiger partial charge in [0.25, 0.3) is 6.43 Å². The highest BCUT2D eigenvalue weighted by atomic mass is 19.4. The minimum absolute atomic E-state index is 0.00994. The van der Waals surface area contributed by atoms with Crippen LogP contribution in [0.2, 0.25) is 0 Å². The highest BCUT2D eigenvalue weighted by molar-refractivity contribution is 5.71. The van der Waals surface area contributed by atoms with Crippen LogP contribution in [-0.4, -0.2) is 53.1 Å². The molecule has 1 N–H and O–H groups in total.